The molecular formula is C17H18N2O6S. The zero-order chi connectivity index (χ0) is 19.3. The normalized spacial score (nSPS) is 16.7. The molecule has 1 aromatic rings. The predicted molar refractivity (Wildman–Crippen MR) is 95.0 cm³/mol. The highest BCUT2D eigenvalue weighted by Crippen LogP contribution is 2.34. The van der Waals surface area contributed by atoms with Crippen LogP contribution in [0.5, 0.6) is 5.75 Å². The van der Waals surface area contributed by atoms with Crippen LogP contribution in [0.3, 0.4) is 0 Å². The van der Waals surface area contributed by atoms with Gasteiger partial charge in [0.05, 0.1) is 11.5 Å². The summed E-state index contributed by atoms with van der Waals surface area (Å²) in [6, 6.07) is 5.57. The highest BCUT2D eigenvalue weighted by Gasteiger charge is 2.41. The number of esters is 1. The molecule has 3 amide bonds. The van der Waals surface area contributed by atoms with Crippen LogP contribution in [0.25, 0.3) is 6.08 Å². The van der Waals surface area contributed by atoms with Gasteiger partial charge in [-0.2, -0.15) is 0 Å². The second kappa shape index (κ2) is 8.52. The molecule has 1 saturated heterocycles. The van der Waals surface area contributed by atoms with Crippen molar-refractivity contribution in [1.29, 1.82) is 0 Å². The molecule has 1 atom stereocenters. The van der Waals surface area contributed by atoms with Gasteiger partial charge in [-0.25, -0.2) is 4.79 Å². The van der Waals surface area contributed by atoms with Gasteiger partial charge in [0.15, 0.2) is 6.61 Å². The van der Waals surface area contributed by atoms with E-state index in [1.807, 2.05) is 0 Å². The molecule has 0 radical (unpaired) electrons. The number of benzene rings is 1. The van der Waals surface area contributed by atoms with Crippen molar-refractivity contribution in [2.24, 2.45) is 5.73 Å². The SMILES string of the molecule is CCOC(=O)[C@H](C)N1C(=O)S/C(=C/c2ccc(OCC(N)=O)cc2)C1=O. The molecule has 1 heterocycles. The Balaban J connectivity index is 2.11. The lowest BCUT2D eigenvalue weighted by atomic mass is 10.2. The van der Waals surface area contributed by atoms with Gasteiger partial charge in [0.1, 0.15) is 11.8 Å². The number of carbonyl (C=O) groups excluding carboxylic acids is 4. The lowest BCUT2D eigenvalue weighted by Crippen LogP contribution is -2.42. The summed E-state index contributed by atoms with van der Waals surface area (Å²) in [5.41, 5.74) is 5.66. The van der Waals surface area contributed by atoms with E-state index in [2.05, 4.69) is 0 Å². The molecule has 2 N–H and O–H groups in total. The van der Waals surface area contributed by atoms with E-state index in [-0.39, 0.29) is 18.1 Å². The van der Waals surface area contributed by atoms with E-state index in [1.54, 1.807) is 37.3 Å². The standard InChI is InChI=1S/C17H18N2O6S/c1-3-24-16(22)10(2)19-15(21)13(26-17(19)23)8-11-4-6-12(7-5-11)25-9-14(18)20/h4-8,10H,3,9H2,1-2H3,(H2,18,20)/b13-8+/t10-/m0/s1. The number of primary amides is 1. The maximum absolute atomic E-state index is 12.4. The third kappa shape index (κ3) is 4.63. The summed E-state index contributed by atoms with van der Waals surface area (Å²) in [5.74, 6) is -1.31. The molecule has 1 aromatic carbocycles. The monoisotopic (exact) mass is 378 g/mol. The highest BCUT2D eigenvalue weighted by atomic mass is 32.2. The number of hydrogen-bond acceptors (Lipinski definition) is 7. The van der Waals surface area contributed by atoms with Crippen LogP contribution in [-0.4, -0.2) is 47.2 Å². The van der Waals surface area contributed by atoms with Crippen molar-refractivity contribution in [3.63, 3.8) is 0 Å². The molecule has 0 unspecified atom stereocenters. The minimum Gasteiger partial charge on any atom is -0.484 e. The Morgan fingerprint density at radius 3 is 2.50 bits per heavy atom. The average molecular weight is 378 g/mol. The lowest BCUT2D eigenvalue weighted by Gasteiger charge is -2.19. The molecule has 9 heteroatoms. The Hall–Kier alpha value is -2.81. The van der Waals surface area contributed by atoms with Gasteiger partial charge in [0.2, 0.25) is 0 Å². The molecule has 8 nitrogen and oxygen atoms in total. The third-order valence-electron chi connectivity index (χ3n) is 3.40. The zero-order valence-corrected chi connectivity index (χ0v) is 15.1. The van der Waals surface area contributed by atoms with Crippen LogP contribution in [0.4, 0.5) is 4.79 Å². The van der Waals surface area contributed by atoms with E-state index in [1.165, 1.54) is 6.92 Å². The molecule has 0 aromatic heterocycles. The fourth-order valence-corrected chi connectivity index (χ4v) is 3.06. The van der Waals surface area contributed by atoms with Crippen molar-refractivity contribution < 1.29 is 28.7 Å². The van der Waals surface area contributed by atoms with Crippen LogP contribution in [-0.2, 0) is 19.1 Å². The molecule has 2 rings (SSSR count). The topological polar surface area (TPSA) is 116 Å². The Morgan fingerprint density at radius 1 is 1.27 bits per heavy atom. The van der Waals surface area contributed by atoms with Crippen molar-refractivity contribution in [3.05, 3.63) is 34.7 Å². The van der Waals surface area contributed by atoms with Crippen LogP contribution in [0.2, 0.25) is 0 Å². The molecule has 1 aliphatic heterocycles. The van der Waals surface area contributed by atoms with Crippen LogP contribution < -0.4 is 10.5 Å². The van der Waals surface area contributed by atoms with E-state index >= 15 is 0 Å². The summed E-state index contributed by atoms with van der Waals surface area (Å²) < 4.78 is 10.0. The number of imide groups is 1. The first-order valence-electron chi connectivity index (χ1n) is 7.78. The molecule has 138 valence electrons. The fraction of sp³-hybridized carbons (Fsp3) is 0.294. The molecule has 1 aliphatic rings. The van der Waals surface area contributed by atoms with Crippen LogP contribution in [0, 0.1) is 0 Å². The van der Waals surface area contributed by atoms with E-state index in [0.717, 1.165) is 16.7 Å². The number of rotatable bonds is 7. The Kier molecular flexibility index (Phi) is 6.40. The molecule has 0 saturated carbocycles. The average Bonchev–Trinajstić information content (AvgIpc) is 2.87. The minimum atomic E-state index is -0.988. The van der Waals surface area contributed by atoms with Crippen molar-refractivity contribution in [1.82, 2.24) is 4.90 Å². The van der Waals surface area contributed by atoms with E-state index in [0.29, 0.717) is 11.3 Å². The van der Waals surface area contributed by atoms with Gasteiger partial charge in [-0.05, 0) is 49.4 Å². The number of ether oxygens (including phenoxy) is 2. The van der Waals surface area contributed by atoms with Crippen LogP contribution in [0.15, 0.2) is 29.2 Å². The summed E-state index contributed by atoms with van der Waals surface area (Å²) in [6.07, 6.45) is 1.54. The van der Waals surface area contributed by atoms with Crippen LogP contribution >= 0.6 is 11.8 Å². The smallest absolute Gasteiger partial charge is 0.329 e. The second-order valence-corrected chi connectivity index (χ2v) is 6.30. The summed E-state index contributed by atoms with van der Waals surface area (Å²) in [4.78, 5) is 48.1. The molecule has 0 aliphatic carbocycles. The number of hydrogen-bond donors (Lipinski definition) is 1. The second-order valence-electron chi connectivity index (χ2n) is 5.30. The van der Waals surface area contributed by atoms with Gasteiger partial charge in [-0.15, -0.1) is 0 Å². The largest absolute Gasteiger partial charge is 0.484 e. The van der Waals surface area contributed by atoms with Crippen molar-refractivity contribution in [2.75, 3.05) is 13.2 Å². The summed E-state index contributed by atoms with van der Waals surface area (Å²) in [5, 5.41) is -0.525. The Bertz CT molecular complexity index is 759. The molecule has 0 bridgehead atoms. The first-order chi connectivity index (χ1) is 12.3. The van der Waals surface area contributed by atoms with E-state index in [9.17, 15) is 19.2 Å². The van der Waals surface area contributed by atoms with Gasteiger partial charge in [-0.1, -0.05) is 12.1 Å². The first kappa shape index (κ1) is 19.5. The summed E-state index contributed by atoms with van der Waals surface area (Å²) >= 11 is 0.757. The van der Waals surface area contributed by atoms with Gasteiger partial charge in [0.25, 0.3) is 17.1 Å². The maximum Gasteiger partial charge on any atom is 0.329 e. The van der Waals surface area contributed by atoms with Gasteiger partial charge < -0.3 is 15.2 Å². The number of nitrogens with zero attached hydrogens (tertiary/aromatic N) is 1. The molecule has 26 heavy (non-hydrogen) atoms. The van der Waals surface area contributed by atoms with Crippen LogP contribution in [0.1, 0.15) is 19.4 Å². The predicted octanol–water partition coefficient (Wildman–Crippen LogP) is 1.54. The lowest BCUT2D eigenvalue weighted by molar-refractivity contribution is -0.150. The Morgan fingerprint density at radius 2 is 1.92 bits per heavy atom. The minimum absolute atomic E-state index is 0.166. The number of thioether (sulfide) groups is 1. The molecular weight excluding hydrogens is 360 g/mol. The van der Waals surface area contributed by atoms with Gasteiger partial charge >= 0.3 is 5.97 Å². The van der Waals surface area contributed by atoms with E-state index < -0.39 is 29.1 Å². The highest BCUT2D eigenvalue weighted by molar-refractivity contribution is 8.18. The molecule has 0 spiro atoms. The summed E-state index contributed by atoms with van der Waals surface area (Å²) in [7, 11) is 0. The summed E-state index contributed by atoms with van der Waals surface area (Å²) in [6.45, 7) is 3.03. The van der Waals surface area contributed by atoms with Crippen molar-refractivity contribution in [2.45, 2.75) is 19.9 Å². The Labute approximate surface area is 154 Å². The first-order valence-corrected chi connectivity index (χ1v) is 8.60. The third-order valence-corrected chi connectivity index (χ3v) is 4.28. The zero-order valence-electron chi connectivity index (χ0n) is 14.3. The van der Waals surface area contributed by atoms with Gasteiger partial charge in [0, 0.05) is 0 Å². The number of carbonyl (C=O) groups is 4. The maximum atomic E-state index is 12.4. The molecule has 1 fully saturated rings. The fourth-order valence-electron chi connectivity index (χ4n) is 2.15. The quantitative estimate of drug-likeness (QED) is 0.565. The number of amides is 3. The van der Waals surface area contributed by atoms with Crippen molar-refractivity contribution >= 4 is 40.9 Å². The van der Waals surface area contributed by atoms with Crippen molar-refractivity contribution in [3.8, 4) is 5.75 Å². The van der Waals surface area contributed by atoms with E-state index in [4.69, 9.17) is 15.2 Å². The number of nitrogens with two attached hydrogens (primary N) is 1. The van der Waals surface area contributed by atoms with Gasteiger partial charge in [-0.3, -0.25) is 19.3 Å².